The van der Waals surface area contributed by atoms with E-state index in [-0.39, 0.29) is 23.9 Å². The SMILES string of the molecule is CC(=O)N1CCN(Cc2ccc(-c3cc([C@H]4CC[C@H](O)CC4)n4nc(N[C@@H](C)CC(F)(F)F)ncc34)cc2)CC1. The van der Waals surface area contributed by atoms with Crippen molar-refractivity contribution < 1.29 is 23.1 Å². The molecule has 1 atom stereocenters. The van der Waals surface area contributed by atoms with Crippen molar-refractivity contribution in [1.29, 1.82) is 0 Å². The zero-order valence-corrected chi connectivity index (χ0v) is 23.0. The molecule has 2 aromatic heterocycles. The smallest absolute Gasteiger partial charge is 0.391 e. The predicted octanol–water partition coefficient (Wildman–Crippen LogP) is 4.83. The fraction of sp³-hybridized carbons (Fsp3) is 0.552. The molecule has 2 aliphatic rings. The minimum absolute atomic E-state index is 0.121. The van der Waals surface area contributed by atoms with E-state index in [2.05, 4.69) is 50.6 Å². The van der Waals surface area contributed by atoms with Crippen molar-refractivity contribution in [3.63, 3.8) is 0 Å². The van der Waals surface area contributed by atoms with E-state index in [1.165, 1.54) is 12.5 Å². The fourth-order valence-corrected chi connectivity index (χ4v) is 5.86. The van der Waals surface area contributed by atoms with Crippen LogP contribution < -0.4 is 5.32 Å². The lowest BCUT2D eigenvalue weighted by Gasteiger charge is -2.34. The second-order valence-corrected chi connectivity index (χ2v) is 11.2. The molecule has 3 heterocycles. The van der Waals surface area contributed by atoms with Gasteiger partial charge in [-0.3, -0.25) is 9.69 Å². The summed E-state index contributed by atoms with van der Waals surface area (Å²) in [5.74, 6) is 0.465. The van der Waals surface area contributed by atoms with Crippen LogP contribution in [0.4, 0.5) is 19.1 Å². The Morgan fingerprint density at radius 1 is 1.10 bits per heavy atom. The summed E-state index contributed by atoms with van der Waals surface area (Å²) in [7, 11) is 0. The summed E-state index contributed by atoms with van der Waals surface area (Å²) in [6, 6.07) is 9.65. The molecular formula is C29H37F3N6O2. The molecule has 1 saturated heterocycles. The molecule has 0 unspecified atom stereocenters. The second-order valence-electron chi connectivity index (χ2n) is 11.2. The Bertz CT molecular complexity index is 1310. The molecule has 1 saturated carbocycles. The first-order valence-electron chi connectivity index (χ1n) is 14.0. The number of halogens is 3. The Morgan fingerprint density at radius 3 is 2.40 bits per heavy atom. The van der Waals surface area contributed by atoms with Gasteiger partial charge < -0.3 is 15.3 Å². The third-order valence-electron chi connectivity index (χ3n) is 8.06. The standard InChI is InChI=1S/C29H37F3N6O2/c1-19(16-29(30,31)32)34-28-33-17-27-25(15-26(38(27)35-28)23-7-9-24(40)10-8-23)22-5-3-21(4-6-22)18-36-11-13-37(14-12-36)20(2)39/h3-6,15,17,19,23-24,40H,7-14,16,18H2,1-2H3,(H,34,35)/t19-,23-,24-/m0/s1. The highest BCUT2D eigenvalue weighted by Gasteiger charge is 2.31. The maximum atomic E-state index is 12.9. The fourth-order valence-electron chi connectivity index (χ4n) is 5.86. The number of fused-ring (bicyclic) bond motifs is 1. The Labute approximate surface area is 232 Å². The number of rotatable bonds is 7. The van der Waals surface area contributed by atoms with E-state index < -0.39 is 18.6 Å². The van der Waals surface area contributed by atoms with E-state index in [0.29, 0.717) is 12.8 Å². The molecule has 2 N–H and O–H groups in total. The number of piperazine rings is 1. The van der Waals surface area contributed by atoms with Crippen LogP contribution in [0, 0.1) is 0 Å². The van der Waals surface area contributed by atoms with Crippen molar-refractivity contribution in [1.82, 2.24) is 24.4 Å². The molecule has 5 rings (SSSR count). The molecule has 40 heavy (non-hydrogen) atoms. The van der Waals surface area contributed by atoms with Crippen molar-refractivity contribution in [3.05, 3.63) is 47.8 Å². The van der Waals surface area contributed by atoms with Gasteiger partial charge in [0.25, 0.3) is 0 Å². The highest BCUT2D eigenvalue weighted by atomic mass is 19.4. The van der Waals surface area contributed by atoms with E-state index in [4.69, 9.17) is 0 Å². The predicted molar refractivity (Wildman–Crippen MR) is 147 cm³/mol. The van der Waals surface area contributed by atoms with Crippen LogP contribution in [0.15, 0.2) is 36.5 Å². The van der Waals surface area contributed by atoms with Crippen molar-refractivity contribution >= 4 is 17.4 Å². The van der Waals surface area contributed by atoms with E-state index >= 15 is 0 Å². The number of nitrogens with one attached hydrogen (secondary N) is 1. The van der Waals surface area contributed by atoms with Gasteiger partial charge in [-0.2, -0.15) is 13.2 Å². The van der Waals surface area contributed by atoms with Gasteiger partial charge in [0.15, 0.2) is 0 Å². The zero-order valence-electron chi connectivity index (χ0n) is 23.0. The molecule has 0 radical (unpaired) electrons. The molecule has 1 amide bonds. The number of aliphatic hydroxyl groups is 1. The van der Waals surface area contributed by atoms with Gasteiger partial charge in [-0.05, 0) is 49.8 Å². The minimum atomic E-state index is -4.28. The van der Waals surface area contributed by atoms with Gasteiger partial charge in [0, 0.05) is 62.9 Å². The molecule has 216 valence electrons. The average molecular weight is 559 g/mol. The second kappa shape index (κ2) is 11.7. The van der Waals surface area contributed by atoms with Crippen molar-refractivity contribution in [2.75, 3.05) is 31.5 Å². The maximum Gasteiger partial charge on any atom is 0.391 e. The molecule has 2 fully saturated rings. The van der Waals surface area contributed by atoms with Crippen LogP contribution in [-0.4, -0.2) is 79.9 Å². The molecular weight excluding hydrogens is 521 g/mol. The maximum absolute atomic E-state index is 12.9. The van der Waals surface area contributed by atoms with Crippen LogP contribution in [0.3, 0.4) is 0 Å². The zero-order chi connectivity index (χ0) is 28.4. The van der Waals surface area contributed by atoms with Gasteiger partial charge in [0.2, 0.25) is 11.9 Å². The monoisotopic (exact) mass is 558 g/mol. The molecule has 8 nitrogen and oxygen atoms in total. The summed E-state index contributed by atoms with van der Waals surface area (Å²) in [6.07, 6.45) is -0.815. The average Bonchev–Trinajstić information content (AvgIpc) is 3.27. The van der Waals surface area contributed by atoms with Crippen LogP contribution in [-0.2, 0) is 11.3 Å². The van der Waals surface area contributed by atoms with E-state index in [0.717, 1.165) is 67.9 Å². The summed E-state index contributed by atoms with van der Waals surface area (Å²) < 4.78 is 40.4. The van der Waals surface area contributed by atoms with Gasteiger partial charge in [-0.15, -0.1) is 5.10 Å². The Kier molecular flexibility index (Phi) is 8.32. The third-order valence-corrected chi connectivity index (χ3v) is 8.06. The number of aromatic nitrogens is 3. The number of hydrogen-bond donors (Lipinski definition) is 2. The summed E-state index contributed by atoms with van der Waals surface area (Å²) in [5.41, 5.74) is 4.95. The summed E-state index contributed by atoms with van der Waals surface area (Å²) in [5, 5.41) is 17.5. The van der Waals surface area contributed by atoms with Crippen LogP contribution in [0.1, 0.15) is 63.1 Å². The highest BCUT2D eigenvalue weighted by molar-refractivity contribution is 5.81. The summed E-state index contributed by atoms with van der Waals surface area (Å²) >= 11 is 0. The molecule has 1 aromatic carbocycles. The molecule has 0 bridgehead atoms. The number of nitrogens with zero attached hydrogens (tertiary/aromatic N) is 5. The van der Waals surface area contributed by atoms with Gasteiger partial charge in [0.05, 0.1) is 24.2 Å². The lowest BCUT2D eigenvalue weighted by atomic mass is 9.85. The first-order valence-corrected chi connectivity index (χ1v) is 14.0. The third kappa shape index (κ3) is 6.75. The van der Waals surface area contributed by atoms with Gasteiger partial charge in [-0.25, -0.2) is 9.50 Å². The van der Waals surface area contributed by atoms with Crippen LogP contribution >= 0.6 is 0 Å². The lowest BCUT2D eigenvalue weighted by Crippen LogP contribution is -2.47. The van der Waals surface area contributed by atoms with Gasteiger partial charge in [0.1, 0.15) is 0 Å². The summed E-state index contributed by atoms with van der Waals surface area (Å²) in [4.78, 5) is 20.2. The van der Waals surface area contributed by atoms with E-state index in [1.54, 1.807) is 13.1 Å². The number of carbonyl (C=O) groups is 1. The first-order chi connectivity index (χ1) is 19.1. The number of alkyl halides is 3. The highest BCUT2D eigenvalue weighted by Crippen LogP contribution is 2.38. The minimum Gasteiger partial charge on any atom is -0.393 e. The number of carbonyl (C=O) groups excluding carboxylic acids is 1. The normalized spacial score (nSPS) is 21.5. The lowest BCUT2D eigenvalue weighted by molar-refractivity contribution is -0.136. The Hall–Kier alpha value is -3.18. The number of amides is 1. The number of anilines is 1. The van der Waals surface area contributed by atoms with Crippen LogP contribution in [0.25, 0.3) is 16.6 Å². The van der Waals surface area contributed by atoms with Crippen molar-refractivity contribution in [2.45, 2.75) is 76.7 Å². The Balaban J connectivity index is 1.38. The van der Waals surface area contributed by atoms with Gasteiger partial charge in [-0.1, -0.05) is 24.3 Å². The Morgan fingerprint density at radius 2 is 1.77 bits per heavy atom. The van der Waals surface area contributed by atoms with Gasteiger partial charge >= 0.3 is 6.18 Å². The first kappa shape index (κ1) is 28.4. The van der Waals surface area contributed by atoms with Crippen molar-refractivity contribution in [3.8, 4) is 11.1 Å². The summed E-state index contributed by atoms with van der Waals surface area (Å²) in [6.45, 7) is 7.08. The number of aliphatic hydroxyl groups excluding tert-OH is 1. The molecule has 0 spiro atoms. The quantitative estimate of drug-likeness (QED) is 0.432. The largest absolute Gasteiger partial charge is 0.393 e. The molecule has 11 heteroatoms. The topological polar surface area (TPSA) is 86.0 Å². The van der Waals surface area contributed by atoms with Crippen molar-refractivity contribution in [2.24, 2.45) is 0 Å². The number of hydrogen-bond acceptors (Lipinski definition) is 6. The molecule has 1 aliphatic carbocycles. The van der Waals surface area contributed by atoms with E-state index in [9.17, 15) is 23.1 Å². The number of benzene rings is 1. The molecule has 1 aliphatic heterocycles. The van der Waals surface area contributed by atoms with E-state index in [1.807, 2.05) is 9.42 Å². The molecule has 3 aromatic rings. The van der Waals surface area contributed by atoms with Crippen LogP contribution in [0.5, 0.6) is 0 Å². The van der Waals surface area contributed by atoms with Crippen LogP contribution in [0.2, 0.25) is 0 Å².